The summed E-state index contributed by atoms with van der Waals surface area (Å²) in [6.07, 6.45) is 0.951. The Morgan fingerprint density at radius 2 is 1.68 bits per heavy atom. The van der Waals surface area contributed by atoms with Crippen LogP contribution >= 0.6 is 22.7 Å². The van der Waals surface area contributed by atoms with Gasteiger partial charge >= 0.3 is 5.51 Å². The van der Waals surface area contributed by atoms with Gasteiger partial charge in [-0.05, 0) is 24.6 Å². The molecule has 1 aromatic carbocycles. The SMILES string of the molecule is Cc1nc(CNS(C)(=O)=O)sc1-c1csc(CC(=O)Cc2ccc(S(=O)(=O)C(F)(F)F)cc2)n1. The van der Waals surface area contributed by atoms with Crippen LogP contribution in [-0.2, 0) is 44.0 Å². The summed E-state index contributed by atoms with van der Waals surface area (Å²) in [7, 11) is -8.79. The smallest absolute Gasteiger partial charge is 0.299 e. The van der Waals surface area contributed by atoms with Gasteiger partial charge in [0, 0.05) is 11.8 Å². The monoisotopic (exact) mass is 553 g/mol. The molecule has 0 spiro atoms. The van der Waals surface area contributed by atoms with Gasteiger partial charge in [0.1, 0.15) is 15.8 Å². The Bertz CT molecular complexity index is 1410. The van der Waals surface area contributed by atoms with Crippen LogP contribution < -0.4 is 4.72 Å². The highest BCUT2D eigenvalue weighted by molar-refractivity contribution is 7.92. The molecule has 2 heterocycles. The lowest BCUT2D eigenvalue weighted by molar-refractivity contribution is -0.117. The molecule has 0 radical (unpaired) electrons. The average Bonchev–Trinajstić information content (AvgIpc) is 3.31. The molecule has 0 saturated carbocycles. The summed E-state index contributed by atoms with van der Waals surface area (Å²) in [6.45, 7) is 1.82. The number of thiazole rings is 2. The predicted octanol–water partition coefficient (Wildman–Crippen LogP) is 3.27. The Hall–Kier alpha value is -2.20. The number of ketones is 1. The van der Waals surface area contributed by atoms with Crippen molar-refractivity contribution in [3.8, 4) is 10.6 Å². The van der Waals surface area contributed by atoms with Crippen molar-refractivity contribution in [3.05, 3.63) is 50.9 Å². The summed E-state index contributed by atoms with van der Waals surface area (Å²) < 4.78 is 85.6. The number of carbonyl (C=O) groups is 1. The van der Waals surface area contributed by atoms with Crippen LogP contribution in [-0.4, -0.2) is 44.4 Å². The van der Waals surface area contributed by atoms with Crippen molar-refractivity contribution in [2.75, 3.05) is 6.26 Å². The minimum Gasteiger partial charge on any atom is -0.299 e. The van der Waals surface area contributed by atoms with Crippen LogP contribution in [0, 0.1) is 6.92 Å². The molecule has 0 unspecified atom stereocenters. The first-order valence-corrected chi connectivity index (χ1v) is 14.5. The molecule has 0 atom stereocenters. The molecule has 184 valence electrons. The minimum atomic E-state index is -5.44. The van der Waals surface area contributed by atoms with Crippen LogP contribution in [0.2, 0.25) is 0 Å². The average molecular weight is 554 g/mol. The van der Waals surface area contributed by atoms with Gasteiger partial charge in [-0.1, -0.05) is 12.1 Å². The van der Waals surface area contributed by atoms with Crippen LogP contribution in [0.25, 0.3) is 10.6 Å². The lowest BCUT2D eigenvalue weighted by Gasteiger charge is -2.08. The molecule has 8 nitrogen and oxygen atoms in total. The standard InChI is InChI=1S/C19H18F3N3O5S4/c1-11-18(32-17(24-11)9-23-33(2,27)28)15-10-31-16(25-15)8-13(26)7-12-3-5-14(6-4-12)34(29,30)19(20,21)22/h3-6,10,23H,7-9H2,1-2H3. The summed E-state index contributed by atoms with van der Waals surface area (Å²) in [6, 6.07) is 4.01. The van der Waals surface area contributed by atoms with Crippen LogP contribution in [0.5, 0.6) is 0 Å². The van der Waals surface area contributed by atoms with Gasteiger partial charge in [0.25, 0.3) is 9.84 Å². The third-order valence-electron chi connectivity index (χ3n) is 4.40. The molecule has 3 rings (SSSR count). The van der Waals surface area contributed by atoms with E-state index in [2.05, 4.69) is 14.7 Å². The van der Waals surface area contributed by atoms with Crippen molar-refractivity contribution in [2.24, 2.45) is 0 Å². The number of aryl methyl sites for hydroxylation is 1. The van der Waals surface area contributed by atoms with Gasteiger partial charge < -0.3 is 0 Å². The number of sulfone groups is 1. The van der Waals surface area contributed by atoms with Gasteiger partial charge in [-0.15, -0.1) is 22.7 Å². The number of hydrogen-bond donors (Lipinski definition) is 1. The van der Waals surface area contributed by atoms with Crippen LogP contribution in [0.4, 0.5) is 13.2 Å². The third kappa shape index (κ3) is 6.47. The Morgan fingerprint density at radius 3 is 2.26 bits per heavy atom. The molecule has 0 aliphatic carbocycles. The number of hydrogen-bond acceptors (Lipinski definition) is 9. The number of alkyl halides is 3. The highest BCUT2D eigenvalue weighted by Crippen LogP contribution is 2.32. The van der Waals surface area contributed by atoms with E-state index in [1.807, 2.05) is 0 Å². The zero-order valence-electron chi connectivity index (χ0n) is 17.7. The first-order chi connectivity index (χ1) is 15.7. The van der Waals surface area contributed by atoms with Crippen LogP contribution in [0.15, 0.2) is 34.5 Å². The van der Waals surface area contributed by atoms with Crippen molar-refractivity contribution in [1.29, 1.82) is 0 Å². The summed E-state index contributed by atoms with van der Waals surface area (Å²) in [5.74, 6) is -0.244. The van der Waals surface area contributed by atoms with E-state index in [1.54, 1.807) is 12.3 Å². The number of aromatic nitrogens is 2. The maximum Gasteiger partial charge on any atom is 0.501 e. The fraction of sp³-hybridized carbons (Fsp3) is 0.316. The van der Waals surface area contributed by atoms with E-state index < -0.39 is 30.3 Å². The second-order valence-electron chi connectivity index (χ2n) is 7.23. The number of nitrogens with one attached hydrogen (secondary N) is 1. The molecule has 1 N–H and O–H groups in total. The number of benzene rings is 1. The summed E-state index contributed by atoms with van der Waals surface area (Å²) in [4.78, 5) is 21.1. The van der Waals surface area contributed by atoms with E-state index in [4.69, 9.17) is 0 Å². The largest absolute Gasteiger partial charge is 0.501 e. The van der Waals surface area contributed by atoms with E-state index in [9.17, 15) is 34.8 Å². The molecule has 0 saturated heterocycles. The number of halogens is 3. The zero-order chi connectivity index (χ0) is 25.3. The highest BCUT2D eigenvalue weighted by Gasteiger charge is 2.46. The van der Waals surface area contributed by atoms with Gasteiger partial charge in [-0.2, -0.15) is 13.2 Å². The first kappa shape index (κ1) is 26.4. The normalized spacial score (nSPS) is 12.7. The Morgan fingerprint density at radius 1 is 1.03 bits per heavy atom. The molecule has 34 heavy (non-hydrogen) atoms. The number of sulfonamides is 1. The van der Waals surface area contributed by atoms with Crippen molar-refractivity contribution < 1.29 is 34.8 Å². The molecular weight excluding hydrogens is 535 g/mol. The molecule has 3 aromatic rings. The predicted molar refractivity (Wildman–Crippen MR) is 122 cm³/mol. The molecule has 0 aliphatic heterocycles. The molecule has 15 heteroatoms. The van der Waals surface area contributed by atoms with E-state index in [0.717, 1.165) is 23.3 Å². The van der Waals surface area contributed by atoms with Crippen LogP contribution in [0.1, 0.15) is 21.3 Å². The molecule has 0 amide bonds. The van der Waals surface area contributed by atoms with Crippen LogP contribution in [0.3, 0.4) is 0 Å². The number of Topliss-reactive ketones (excluding diaryl/α,β-unsaturated/α-hetero) is 1. The third-order valence-corrected chi connectivity index (χ3v) is 8.60. The lowest BCUT2D eigenvalue weighted by Crippen LogP contribution is -2.23. The van der Waals surface area contributed by atoms with E-state index in [1.165, 1.54) is 34.8 Å². The van der Waals surface area contributed by atoms with E-state index >= 15 is 0 Å². The Balaban J connectivity index is 1.65. The second-order valence-corrected chi connectivity index (χ2v) is 13.0. The van der Waals surface area contributed by atoms with Gasteiger partial charge in [-0.25, -0.2) is 31.5 Å². The van der Waals surface area contributed by atoms with Gasteiger partial charge in [0.2, 0.25) is 10.0 Å². The fourth-order valence-corrected chi connectivity index (χ4v) is 5.94. The highest BCUT2D eigenvalue weighted by atomic mass is 32.2. The molecule has 0 fully saturated rings. The Kier molecular flexibility index (Phi) is 7.62. The first-order valence-electron chi connectivity index (χ1n) is 9.43. The van der Waals surface area contributed by atoms with Gasteiger partial charge in [-0.3, -0.25) is 4.79 Å². The minimum absolute atomic E-state index is 0.00634. The van der Waals surface area contributed by atoms with Gasteiger partial charge in [0.05, 0.1) is 40.4 Å². The molecule has 0 aliphatic rings. The van der Waals surface area contributed by atoms with Crippen molar-refractivity contribution >= 4 is 48.3 Å². The van der Waals surface area contributed by atoms with Crippen molar-refractivity contribution in [2.45, 2.75) is 36.7 Å². The summed E-state index contributed by atoms with van der Waals surface area (Å²) in [5, 5.41) is 2.85. The molecular formula is C19H18F3N3O5S4. The maximum atomic E-state index is 12.6. The Labute approximate surface area is 201 Å². The fourth-order valence-electron chi connectivity index (χ4n) is 2.83. The summed E-state index contributed by atoms with van der Waals surface area (Å²) in [5.41, 5.74) is -3.74. The van der Waals surface area contributed by atoms with Crippen molar-refractivity contribution in [1.82, 2.24) is 14.7 Å². The lowest BCUT2D eigenvalue weighted by atomic mass is 10.1. The maximum absolute atomic E-state index is 12.6. The number of carbonyl (C=O) groups excluding carboxylic acids is 1. The van der Waals surface area contributed by atoms with Gasteiger partial charge in [0.15, 0.2) is 0 Å². The quantitative estimate of drug-likeness (QED) is 0.431. The van der Waals surface area contributed by atoms with E-state index in [-0.39, 0.29) is 25.2 Å². The number of rotatable bonds is 9. The second kappa shape index (κ2) is 9.81. The number of nitrogens with zero attached hydrogens (tertiary/aromatic N) is 2. The summed E-state index contributed by atoms with van der Waals surface area (Å²) >= 11 is 2.54. The van der Waals surface area contributed by atoms with E-state index in [0.29, 0.717) is 27.0 Å². The molecule has 0 bridgehead atoms. The van der Waals surface area contributed by atoms with Crippen molar-refractivity contribution in [3.63, 3.8) is 0 Å². The zero-order valence-corrected chi connectivity index (χ0v) is 21.0. The molecule has 2 aromatic heterocycles. The topological polar surface area (TPSA) is 123 Å².